The summed E-state index contributed by atoms with van der Waals surface area (Å²) in [6.07, 6.45) is 33.4. The summed E-state index contributed by atoms with van der Waals surface area (Å²) in [7, 11) is 0. The van der Waals surface area contributed by atoms with Gasteiger partial charge in [0.2, 0.25) is 0 Å². The third kappa shape index (κ3) is 10.8. The molecule has 2 aliphatic rings. The van der Waals surface area contributed by atoms with Crippen molar-refractivity contribution < 1.29 is 0 Å². The van der Waals surface area contributed by atoms with Crippen LogP contribution in [-0.4, -0.2) is 0 Å². The molecule has 2 fully saturated rings. The molecule has 142 valence electrons. The molecule has 0 amide bonds. The van der Waals surface area contributed by atoms with Crippen LogP contribution in [0.4, 0.5) is 0 Å². The van der Waals surface area contributed by atoms with E-state index in [1.54, 1.807) is 19.3 Å². The Morgan fingerprint density at radius 1 is 0.250 bits per heavy atom. The van der Waals surface area contributed by atoms with Gasteiger partial charge in [0.1, 0.15) is 0 Å². The molecule has 0 bridgehead atoms. The van der Waals surface area contributed by atoms with Gasteiger partial charge >= 0.3 is 0 Å². The maximum absolute atomic E-state index is 1.58. The zero-order valence-electron chi connectivity index (χ0n) is 16.7. The van der Waals surface area contributed by atoms with Crippen molar-refractivity contribution in [2.24, 2.45) is 11.8 Å². The topological polar surface area (TPSA) is 0 Å². The maximum atomic E-state index is 1.58. The summed E-state index contributed by atoms with van der Waals surface area (Å²) in [5.74, 6) is 2.29. The molecule has 0 saturated heterocycles. The van der Waals surface area contributed by atoms with Gasteiger partial charge in [-0.2, -0.15) is 0 Å². The number of fused-ring (bicyclic) bond motifs is 1. The van der Waals surface area contributed by atoms with Crippen molar-refractivity contribution in [2.75, 3.05) is 0 Å². The van der Waals surface area contributed by atoms with E-state index in [0.717, 1.165) is 11.8 Å². The quantitative estimate of drug-likeness (QED) is 0.415. The highest BCUT2D eigenvalue weighted by atomic mass is 14.4. The minimum atomic E-state index is 1.15. The Hall–Kier alpha value is 0. The van der Waals surface area contributed by atoms with E-state index in [1.165, 1.54) is 122 Å². The standard InChI is InChI=1S/C24H46/c1-2-4-6-8-10-12-14-16-18-20-23-22-24(23)21-19-17-15-13-11-9-7-5-3-1/h23-24H,1-22H2. The lowest BCUT2D eigenvalue weighted by molar-refractivity contribution is 0.509. The molecule has 2 rings (SSSR count). The van der Waals surface area contributed by atoms with Crippen LogP contribution >= 0.6 is 0 Å². The summed E-state index contributed by atoms with van der Waals surface area (Å²) in [5.41, 5.74) is 0. The van der Waals surface area contributed by atoms with Crippen LogP contribution in [0, 0.1) is 11.8 Å². The summed E-state index contributed by atoms with van der Waals surface area (Å²) in [6.45, 7) is 0. The normalized spacial score (nSPS) is 31.0. The van der Waals surface area contributed by atoms with Crippen LogP contribution < -0.4 is 0 Å². The first kappa shape index (κ1) is 20.3. The van der Waals surface area contributed by atoms with E-state index in [0.29, 0.717) is 0 Å². The highest BCUT2D eigenvalue weighted by molar-refractivity contribution is 4.85. The molecular weight excluding hydrogens is 288 g/mol. The van der Waals surface area contributed by atoms with Gasteiger partial charge in [-0.3, -0.25) is 0 Å². The minimum absolute atomic E-state index is 1.15. The third-order valence-corrected chi connectivity index (χ3v) is 6.72. The molecule has 2 unspecified atom stereocenters. The summed E-state index contributed by atoms with van der Waals surface area (Å²) in [5, 5.41) is 0. The van der Waals surface area contributed by atoms with E-state index >= 15 is 0 Å². The van der Waals surface area contributed by atoms with Crippen LogP contribution in [-0.2, 0) is 0 Å². The zero-order valence-corrected chi connectivity index (χ0v) is 16.7. The van der Waals surface area contributed by atoms with Gasteiger partial charge in [0.25, 0.3) is 0 Å². The second-order valence-electron chi connectivity index (χ2n) is 9.05. The Morgan fingerprint density at radius 3 is 0.708 bits per heavy atom. The predicted octanol–water partition coefficient (Wildman–Crippen LogP) is 8.83. The van der Waals surface area contributed by atoms with E-state index < -0.39 is 0 Å². The molecule has 0 nitrogen and oxygen atoms in total. The Labute approximate surface area is 153 Å². The predicted molar refractivity (Wildman–Crippen MR) is 109 cm³/mol. The monoisotopic (exact) mass is 334 g/mol. The average Bonchev–Trinajstić information content (AvgIpc) is 3.34. The molecule has 0 N–H and O–H groups in total. The molecule has 2 saturated carbocycles. The lowest BCUT2D eigenvalue weighted by Crippen LogP contribution is -1.87. The fraction of sp³-hybridized carbons (Fsp3) is 1.00. The van der Waals surface area contributed by atoms with Crippen molar-refractivity contribution in [1.29, 1.82) is 0 Å². The summed E-state index contributed by atoms with van der Waals surface area (Å²) in [6, 6.07) is 0. The van der Waals surface area contributed by atoms with E-state index in [9.17, 15) is 0 Å². The van der Waals surface area contributed by atoms with E-state index in [2.05, 4.69) is 0 Å². The molecule has 24 heavy (non-hydrogen) atoms. The Morgan fingerprint density at radius 2 is 0.458 bits per heavy atom. The molecule has 0 heteroatoms. The average molecular weight is 335 g/mol. The van der Waals surface area contributed by atoms with Crippen molar-refractivity contribution in [1.82, 2.24) is 0 Å². The Balaban J connectivity index is 1.51. The van der Waals surface area contributed by atoms with E-state index in [4.69, 9.17) is 0 Å². The van der Waals surface area contributed by atoms with Crippen LogP contribution in [0.2, 0.25) is 0 Å². The van der Waals surface area contributed by atoms with Crippen LogP contribution in [0.3, 0.4) is 0 Å². The van der Waals surface area contributed by atoms with Crippen LogP contribution in [0.5, 0.6) is 0 Å². The zero-order chi connectivity index (χ0) is 16.7. The fourth-order valence-corrected chi connectivity index (χ4v) is 4.84. The second-order valence-corrected chi connectivity index (χ2v) is 9.05. The van der Waals surface area contributed by atoms with Gasteiger partial charge in [-0.1, -0.05) is 135 Å². The molecular formula is C24H46. The SMILES string of the molecule is C1CCCCCCCCCCC2CC2CCCCCCCCCC1. The lowest BCUT2D eigenvalue weighted by atomic mass is 10.0. The number of rotatable bonds is 0. The van der Waals surface area contributed by atoms with Gasteiger partial charge in [0.05, 0.1) is 0 Å². The van der Waals surface area contributed by atoms with Gasteiger partial charge in [-0.05, 0) is 18.3 Å². The largest absolute Gasteiger partial charge is 0.0533 e. The number of hydrogen-bond acceptors (Lipinski definition) is 0. The molecule has 2 atom stereocenters. The molecule has 0 spiro atoms. The second kappa shape index (κ2) is 14.2. The van der Waals surface area contributed by atoms with Crippen LogP contribution in [0.1, 0.15) is 141 Å². The van der Waals surface area contributed by atoms with Gasteiger partial charge in [0.15, 0.2) is 0 Å². The molecule has 0 aromatic rings. The van der Waals surface area contributed by atoms with E-state index in [1.807, 2.05) is 0 Å². The highest BCUT2D eigenvalue weighted by Gasteiger charge is 2.34. The van der Waals surface area contributed by atoms with Crippen molar-refractivity contribution in [3.05, 3.63) is 0 Å². The van der Waals surface area contributed by atoms with Gasteiger partial charge in [0, 0.05) is 0 Å². The number of hydrogen-bond donors (Lipinski definition) is 0. The molecule has 0 radical (unpaired) electrons. The smallest absolute Gasteiger partial charge is 0.0383 e. The van der Waals surface area contributed by atoms with Crippen molar-refractivity contribution in [3.63, 3.8) is 0 Å². The first-order valence-corrected chi connectivity index (χ1v) is 12.0. The summed E-state index contributed by atoms with van der Waals surface area (Å²) >= 11 is 0. The molecule has 0 heterocycles. The summed E-state index contributed by atoms with van der Waals surface area (Å²) < 4.78 is 0. The van der Waals surface area contributed by atoms with Crippen molar-refractivity contribution >= 4 is 0 Å². The van der Waals surface area contributed by atoms with Crippen LogP contribution in [0.15, 0.2) is 0 Å². The van der Waals surface area contributed by atoms with Gasteiger partial charge < -0.3 is 0 Å². The molecule has 0 aliphatic heterocycles. The van der Waals surface area contributed by atoms with Gasteiger partial charge in [-0.25, -0.2) is 0 Å². The van der Waals surface area contributed by atoms with Crippen molar-refractivity contribution in [2.45, 2.75) is 141 Å². The van der Waals surface area contributed by atoms with E-state index in [-0.39, 0.29) is 0 Å². The summed E-state index contributed by atoms with van der Waals surface area (Å²) in [4.78, 5) is 0. The first-order chi connectivity index (χ1) is 12.0. The van der Waals surface area contributed by atoms with Crippen LogP contribution in [0.25, 0.3) is 0 Å². The molecule has 0 aromatic heterocycles. The highest BCUT2D eigenvalue weighted by Crippen LogP contribution is 2.45. The Kier molecular flexibility index (Phi) is 12.0. The third-order valence-electron chi connectivity index (χ3n) is 6.72. The molecule has 0 aromatic carbocycles. The molecule has 2 aliphatic carbocycles. The van der Waals surface area contributed by atoms with Crippen molar-refractivity contribution in [3.8, 4) is 0 Å². The maximum Gasteiger partial charge on any atom is -0.0383 e. The first-order valence-electron chi connectivity index (χ1n) is 12.0. The fourth-order valence-electron chi connectivity index (χ4n) is 4.84. The minimum Gasteiger partial charge on any atom is -0.0533 e. The lowest BCUT2D eigenvalue weighted by Gasteiger charge is -2.04. The van der Waals surface area contributed by atoms with Gasteiger partial charge in [-0.15, -0.1) is 0 Å². The Bertz CT molecular complexity index is 243.